The highest BCUT2D eigenvalue weighted by Gasteiger charge is 2.28. The van der Waals surface area contributed by atoms with E-state index in [1.54, 1.807) is 18.9 Å². The molecule has 0 atom stereocenters. The van der Waals surface area contributed by atoms with Crippen molar-refractivity contribution in [3.05, 3.63) is 59.8 Å². The van der Waals surface area contributed by atoms with Crippen LogP contribution in [0.25, 0.3) is 22.9 Å². The Morgan fingerprint density at radius 3 is 2.89 bits per heavy atom. The van der Waals surface area contributed by atoms with Crippen molar-refractivity contribution in [1.29, 1.82) is 0 Å². The van der Waals surface area contributed by atoms with Crippen molar-refractivity contribution >= 4 is 35.0 Å². The van der Waals surface area contributed by atoms with Crippen molar-refractivity contribution in [2.75, 3.05) is 18.2 Å². The zero-order chi connectivity index (χ0) is 18.4. The van der Waals surface area contributed by atoms with Gasteiger partial charge in [-0.05, 0) is 24.3 Å². The Morgan fingerprint density at radius 1 is 1.22 bits per heavy atom. The second kappa shape index (κ2) is 6.32. The molecule has 3 aromatic rings. The molecule has 0 saturated heterocycles. The van der Waals surface area contributed by atoms with E-state index >= 15 is 0 Å². The van der Waals surface area contributed by atoms with Crippen LogP contribution in [0.1, 0.15) is 11.3 Å². The highest BCUT2D eigenvalue weighted by Crippen LogP contribution is 2.39. The number of nitrogens with zero attached hydrogens (tertiary/aromatic N) is 2. The predicted molar refractivity (Wildman–Crippen MR) is 108 cm³/mol. The normalized spacial score (nSPS) is 16.3. The number of anilines is 1. The number of carbonyl (C=O) groups is 1. The first-order chi connectivity index (χ1) is 13.2. The first kappa shape index (κ1) is 16.2. The summed E-state index contributed by atoms with van der Waals surface area (Å²) in [7, 11) is 1.63. The molecule has 0 fully saturated rings. The van der Waals surface area contributed by atoms with Crippen molar-refractivity contribution in [3.63, 3.8) is 0 Å². The number of methoxy groups -OCH3 is 1. The van der Waals surface area contributed by atoms with E-state index in [2.05, 4.69) is 22.0 Å². The third-order valence-electron chi connectivity index (χ3n) is 4.86. The van der Waals surface area contributed by atoms with Gasteiger partial charge in [-0.3, -0.25) is 4.79 Å². The number of carbonyl (C=O) groups excluding carboxylic acids is 1. The van der Waals surface area contributed by atoms with Crippen LogP contribution in [0.4, 0.5) is 5.69 Å². The van der Waals surface area contributed by atoms with Crippen LogP contribution in [-0.2, 0) is 11.3 Å². The van der Waals surface area contributed by atoms with Crippen molar-refractivity contribution in [2.45, 2.75) is 11.7 Å². The second-order valence-corrected chi connectivity index (χ2v) is 7.48. The molecule has 0 saturated carbocycles. The van der Waals surface area contributed by atoms with E-state index in [1.165, 1.54) is 0 Å². The highest BCUT2D eigenvalue weighted by molar-refractivity contribution is 7.99. The maximum absolute atomic E-state index is 12.6. The number of ether oxygens (including phenoxy) is 1. The second-order valence-electron chi connectivity index (χ2n) is 6.42. The first-order valence-electron chi connectivity index (χ1n) is 8.75. The third kappa shape index (κ3) is 2.64. The summed E-state index contributed by atoms with van der Waals surface area (Å²) in [6.07, 6.45) is 1.96. The smallest absolute Gasteiger partial charge is 0.256 e. The molecule has 0 unspecified atom stereocenters. The standard InChI is InChI=1S/C21H17N3O2S/c1-26-14-7-8-17-15(11-14)16(20(25)22-17)12-18-19(13-5-3-2-4-6-13)23-21-24(18)9-10-27-21/h2-8,11-12H,9-10H2,1H3,(H,22,25). The molecule has 1 amide bonds. The average Bonchev–Trinajstić information content (AvgIpc) is 3.37. The molecule has 2 aliphatic rings. The summed E-state index contributed by atoms with van der Waals surface area (Å²) in [6, 6.07) is 15.7. The van der Waals surface area contributed by atoms with Crippen LogP contribution < -0.4 is 10.1 Å². The molecular formula is C21H17N3O2S. The van der Waals surface area contributed by atoms with Gasteiger partial charge in [0, 0.05) is 29.1 Å². The minimum Gasteiger partial charge on any atom is -0.497 e. The number of rotatable bonds is 3. The van der Waals surface area contributed by atoms with Gasteiger partial charge in [-0.15, -0.1) is 0 Å². The molecular weight excluding hydrogens is 358 g/mol. The van der Waals surface area contributed by atoms with Gasteiger partial charge < -0.3 is 14.6 Å². The zero-order valence-electron chi connectivity index (χ0n) is 14.7. The third-order valence-corrected chi connectivity index (χ3v) is 5.81. The van der Waals surface area contributed by atoms with Crippen LogP contribution in [-0.4, -0.2) is 28.3 Å². The topological polar surface area (TPSA) is 56.2 Å². The van der Waals surface area contributed by atoms with E-state index in [4.69, 9.17) is 9.72 Å². The Labute approximate surface area is 161 Å². The molecule has 0 radical (unpaired) electrons. The summed E-state index contributed by atoms with van der Waals surface area (Å²) in [5, 5.41) is 3.95. The highest BCUT2D eigenvalue weighted by atomic mass is 32.2. The number of nitrogens with one attached hydrogen (secondary N) is 1. The lowest BCUT2D eigenvalue weighted by molar-refractivity contribution is -0.110. The largest absolute Gasteiger partial charge is 0.497 e. The molecule has 2 aromatic carbocycles. The quantitative estimate of drug-likeness (QED) is 0.699. The Morgan fingerprint density at radius 2 is 2.07 bits per heavy atom. The van der Waals surface area contributed by atoms with Crippen molar-refractivity contribution in [1.82, 2.24) is 9.55 Å². The van der Waals surface area contributed by atoms with E-state index in [9.17, 15) is 4.79 Å². The van der Waals surface area contributed by atoms with Gasteiger partial charge in [-0.1, -0.05) is 42.1 Å². The molecule has 0 spiro atoms. The SMILES string of the molecule is COc1ccc2c(c1)C(=Cc1c(-c3ccccc3)nc3n1CCS3)C(=O)N2. The summed E-state index contributed by atoms with van der Waals surface area (Å²) >= 11 is 1.75. The van der Waals surface area contributed by atoms with E-state index in [0.29, 0.717) is 5.57 Å². The molecule has 1 aromatic heterocycles. The van der Waals surface area contributed by atoms with Crippen molar-refractivity contribution in [2.24, 2.45) is 0 Å². The fourth-order valence-corrected chi connectivity index (χ4v) is 4.49. The molecule has 1 N–H and O–H groups in total. The van der Waals surface area contributed by atoms with Gasteiger partial charge >= 0.3 is 0 Å². The predicted octanol–water partition coefficient (Wildman–Crippen LogP) is 4.16. The molecule has 0 aliphatic carbocycles. The van der Waals surface area contributed by atoms with E-state index < -0.39 is 0 Å². The first-order valence-corrected chi connectivity index (χ1v) is 9.73. The minimum absolute atomic E-state index is 0.0986. The van der Waals surface area contributed by atoms with Crippen LogP contribution >= 0.6 is 11.8 Å². The Balaban J connectivity index is 1.70. The molecule has 5 rings (SSSR count). The van der Waals surface area contributed by atoms with E-state index in [1.807, 2.05) is 42.5 Å². The van der Waals surface area contributed by atoms with Crippen LogP contribution in [0.3, 0.4) is 0 Å². The number of thioether (sulfide) groups is 1. The number of fused-ring (bicyclic) bond motifs is 2. The Hall–Kier alpha value is -2.99. The molecule has 5 nitrogen and oxygen atoms in total. The number of amides is 1. The van der Waals surface area contributed by atoms with E-state index in [-0.39, 0.29) is 5.91 Å². The van der Waals surface area contributed by atoms with Crippen LogP contribution in [0.2, 0.25) is 0 Å². The number of aromatic nitrogens is 2. The van der Waals surface area contributed by atoms with Gasteiger partial charge in [-0.25, -0.2) is 4.98 Å². The number of hydrogen-bond donors (Lipinski definition) is 1. The molecule has 2 aliphatic heterocycles. The molecule has 6 heteroatoms. The van der Waals surface area contributed by atoms with Gasteiger partial charge in [0.1, 0.15) is 5.75 Å². The molecule has 27 heavy (non-hydrogen) atoms. The van der Waals surface area contributed by atoms with Crippen LogP contribution in [0.15, 0.2) is 53.7 Å². The summed E-state index contributed by atoms with van der Waals surface area (Å²) in [5.74, 6) is 1.64. The number of benzene rings is 2. The van der Waals surface area contributed by atoms with Crippen LogP contribution in [0, 0.1) is 0 Å². The van der Waals surface area contributed by atoms with Gasteiger partial charge in [0.2, 0.25) is 0 Å². The lowest BCUT2D eigenvalue weighted by atomic mass is 10.0. The lowest BCUT2D eigenvalue weighted by Gasteiger charge is -2.06. The van der Waals surface area contributed by atoms with E-state index in [0.717, 1.165) is 51.4 Å². The average molecular weight is 375 g/mol. The molecule has 3 heterocycles. The minimum atomic E-state index is -0.0986. The Bertz CT molecular complexity index is 1090. The maximum Gasteiger partial charge on any atom is 0.256 e. The number of imidazole rings is 1. The van der Waals surface area contributed by atoms with Gasteiger partial charge in [0.25, 0.3) is 5.91 Å². The maximum atomic E-state index is 12.6. The van der Waals surface area contributed by atoms with Gasteiger partial charge in [-0.2, -0.15) is 0 Å². The number of hydrogen-bond acceptors (Lipinski definition) is 4. The lowest BCUT2D eigenvalue weighted by Crippen LogP contribution is -2.05. The van der Waals surface area contributed by atoms with Crippen LogP contribution in [0.5, 0.6) is 5.75 Å². The Kier molecular flexibility index (Phi) is 3.79. The monoisotopic (exact) mass is 375 g/mol. The summed E-state index contributed by atoms with van der Waals surface area (Å²) < 4.78 is 7.54. The zero-order valence-corrected chi connectivity index (χ0v) is 15.5. The summed E-state index contributed by atoms with van der Waals surface area (Å²) in [4.78, 5) is 17.5. The van der Waals surface area contributed by atoms with Gasteiger partial charge in [0.05, 0.1) is 24.1 Å². The summed E-state index contributed by atoms with van der Waals surface area (Å²) in [5.41, 5.74) is 5.25. The molecule has 134 valence electrons. The van der Waals surface area contributed by atoms with Crippen molar-refractivity contribution < 1.29 is 9.53 Å². The van der Waals surface area contributed by atoms with Crippen molar-refractivity contribution in [3.8, 4) is 17.0 Å². The summed E-state index contributed by atoms with van der Waals surface area (Å²) in [6.45, 7) is 0.894. The fraction of sp³-hybridized carbons (Fsp3) is 0.143. The molecule has 0 bridgehead atoms. The fourth-order valence-electron chi connectivity index (χ4n) is 3.53. The van der Waals surface area contributed by atoms with Gasteiger partial charge in [0.15, 0.2) is 5.16 Å².